The van der Waals surface area contributed by atoms with Crippen molar-refractivity contribution >= 4 is 22.9 Å². The van der Waals surface area contributed by atoms with Gasteiger partial charge in [0, 0.05) is 17.5 Å². The third kappa shape index (κ3) is 3.24. The predicted molar refractivity (Wildman–Crippen MR) is 61.9 cm³/mol. The summed E-state index contributed by atoms with van der Waals surface area (Å²) in [5.41, 5.74) is 0. The molecule has 2 atom stereocenters. The van der Waals surface area contributed by atoms with Gasteiger partial charge in [0.25, 0.3) is 0 Å². The van der Waals surface area contributed by atoms with Crippen LogP contribution >= 0.6 is 22.9 Å². The number of hydrogen-bond acceptors (Lipinski definition) is 3. The zero-order valence-corrected chi connectivity index (χ0v) is 10.3. The van der Waals surface area contributed by atoms with E-state index in [1.165, 1.54) is 4.88 Å². The summed E-state index contributed by atoms with van der Waals surface area (Å²) in [6, 6.07) is 4.09. The van der Waals surface area contributed by atoms with Crippen LogP contribution in [0.1, 0.15) is 18.7 Å². The molecule has 0 radical (unpaired) electrons. The van der Waals surface area contributed by atoms with Crippen molar-refractivity contribution < 1.29 is 5.11 Å². The number of rotatable bonds is 4. The van der Waals surface area contributed by atoms with Crippen LogP contribution in [0.2, 0.25) is 4.34 Å². The zero-order valence-electron chi connectivity index (χ0n) is 8.70. The minimum Gasteiger partial charge on any atom is -0.392 e. The largest absolute Gasteiger partial charge is 0.392 e. The fourth-order valence-electron chi connectivity index (χ4n) is 1.19. The minimum atomic E-state index is -0.310. The summed E-state index contributed by atoms with van der Waals surface area (Å²) in [6.45, 7) is 4.66. The van der Waals surface area contributed by atoms with Gasteiger partial charge in [-0.25, -0.2) is 0 Å². The van der Waals surface area contributed by atoms with Crippen molar-refractivity contribution in [3.63, 3.8) is 0 Å². The Hall–Kier alpha value is -0.0900. The van der Waals surface area contributed by atoms with Gasteiger partial charge in [0.1, 0.15) is 0 Å². The first-order valence-corrected chi connectivity index (χ1v) is 5.82. The Morgan fingerprint density at radius 3 is 2.57 bits per heavy atom. The Kier molecular flexibility index (Phi) is 4.38. The molecule has 0 amide bonds. The molecular formula is C10H16ClNOS. The molecule has 1 aromatic rings. The summed E-state index contributed by atoms with van der Waals surface area (Å²) in [7, 11) is 2.00. The molecule has 1 rings (SSSR count). The topological polar surface area (TPSA) is 23.5 Å². The lowest BCUT2D eigenvalue weighted by atomic mass is 10.2. The molecule has 0 bridgehead atoms. The van der Waals surface area contributed by atoms with E-state index in [-0.39, 0.29) is 12.1 Å². The van der Waals surface area contributed by atoms with E-state index in [1.54, 1.807) is 11.3 Å². The second kappa shape index (κ2) is 5.12. The van der Waals surface area contributed by atoms with Gasteiger partial charge in [0.05, 0.1) is 10.4 Å². The second-order valence-electron chi connectivity index (χ2n) is 3.60. The Morgan fingerprint density at radius 1 is 1.50 bits per heavy atom. The fourth-order valence-corrected chi connectivity index (χ4v) is 2.35. The smallest absolute Gasteiger partial charge is 0.0931 e. The van der Waals surface area contributed by atoms with Crippen LogP contribution in [0.3, 0.4) is 0 Å². The summed E-state index contributed by atoms with van der Waals surface area (Å²) >= 11 is 7.42. The van der Waals surface area contributed by atoms with Gasteiger partial charge in [-0.1, -0.05) is 11.6 Å². The Labute approximate surface area is 94.1 Å². The van der Waals surface area contributed by atoms with Gasteiger partial charge in [0.2, 0.25) is 0 Å². The molecule has 0 aromatic carbocycles. The quantitative estimate of drug-likeness (QED) is 0.864. The maximum Gasteiger partial charge on any atom is 0.0931 e. The number of likely N-dealkylation sites (N-methyl/N-ethyl adjacent to an activating group) is 1. The van der Waals surface area contributed by atoms with Gasteiger partial charge in [-0.2, -0.15) is 0 Å². The highest BCUT2D eigenvalue weighted by Crippen LogP contribution is 2.23. The standard InChI is InChI=1S/C10H16ClNOS/c1-7(8(2)13)12(3)6-9-4-5-10(11)14-9/h4-5,7-8,13H,6H2,1-3H3. The van der Waals surface area contributed by atoms with Crippen LogP contribution < -0.4 is 0 Å². The lowest BCUT2D eigenvalue weighted by Gasteiger charge is -2.26. The van der Waals surface area contributed by atoms with Crippen LogP contribution in [0.4, 0.5) is 0 Å². The number of hydrogen-bond donors (Lipinski definition) is 1. The lowest BCUT2D eigenvalue weighted by molar-refractivity contribution is 0.0833. The van der Waals surface area contributed by atoms with Crippen molar-refractivity contribution in [3.05, 3.63) is 21.3 Å². The summed E-state index contributed by atoms with van der Waals surface area (Å²) < 4.78 is 0.818. The molecular weight excluding hydrogens is 218 g/mol. The third-order valence-electron chi connectivity index (χ3n) is 2.43. The molecule has 4 heteroatoms. The van der Waals surface area contributed by atoms with E-state index in [0.717, 1.165) is 10.9 Å². The normalized spacial score (nSPS) is 15.9. The SMILES string of the molecule is CC(O)C(C)N(C)Cc1ccc(Cl)s1. The summed E-state index contributed by atoms with van der Waals surface area (Å²) in [6.07, 6.45) is -0.310. The number of halogens is 1. The van der Waals surface area contributed by atoms with Crippen LogP contribution in [-0.2, 0) is 6.54 Å². The van der Waals surface area contributed by atoms with E-state index in [1.807, 2.05) is 33.0 Å². The molecule has 1 heterocycles. The second-order valence-corrected chi connectivity index (χ2v) is 5.40. The maximum atomic E-state index is 9.41. The monoisotopic (exact) mass is 233 g/mol. The molecule has 1 N–H and O–H groups in total. The summed E-state index contributed by atoms with van der Waals surface area (Å²) in [5, 5.41) is 9.41. The van der Waals surface area contributed by atoms with Crippen molar-refractivity contribution in [3.8, 4) is 0 Å². The molecule has 0 saturated heterocycles. The highest BCUT2D eigenvalue weighted by molar-refractivity contribution is 7.16. The molecule has 2 unspecified atom stereocenters. The lowest BCUT2D eigenvalue weighted by Crippen LogP contribution is -2.36. The minimum absolute atomic E-state index is 0.163. The van der Waals surface area contributed by atoms with Crippen molar-refractivity contribution in [1.29, 1.82) is 0 Å². The van der Waals surface area contributed by atoms with E-state index in [4.69, 9.17) is 11.6 Å². The van der Waals surface area contributed by atoms with Gasteiger partial charge < -0.3 is 5.11 Å². The van der Waals surface area contributed by atoms with E-state index < -0.39 is 0 Å². The summed E-state index contributed by atoms with van der Waals surface area (Å²) in [4.78, 5) is 3.34. The Balaban J connectivity index is 2.52. The fraction of sp³-hybridized carbons (Fsp3) is 0.600. The third-order valence-corrected chi connectivity index (χ3v) is 3.64. The first kappa shape index (κ1) is 12.0. The number of aliphatic hydroxyl groups is 1. The molecule has 1 aromatic heterocycles. The molecule has 0 saturated carbocycles. The maximum absolute atomic E-state index is 9.41. The molecule has 0 aliphatic heterocycles. The number of thiophene rings is 1. The Morgan fingerprint density at radius 2 is 2.14 bits per heavy atom. The number of nitrogens with zero attached hydrogens (tertiary/aromatic N) is 1. The molecule has 0 fully saturated rings. The molecule has 0 spiro atoms. The highest BCUT2D eigenvalue weighted by Gasteiger charge is 2.15. The van der Waals surface area contributed by atoms with Gasteiger partial charge in [-0.05, 0) is 33.0 Å². The van der Waals surface area contributed by atoms with Crippen LogP contribution in [0.5, 0.6) is 0 Å². The van der Waals surface area contributed by atoms with E-state index in [2.05, 4.69) is 4.90 Å². The highest BCUT2D eigenvalue weighted by atomic mass is 35.5. The Bertz CT molecular complexity index is 287. The van der Waals surface area contributed by atoms with Crippen LogP contribution in [0, 0.1) is 0 Å². The molecule has 80 valence electrons. The average Bonchev–Trinajstić information content (AvgIpc) is 2.49. The molecule has 0 aliphatic rings. The van der Waals surface area contributed by atoms with Gasteiger partial charge in [0.15, 0.2) is 0 Å². The van der Waals surface area contributed by atoms with Crippen LogP contribution in [-0.4, -0.2) is 29.2 Å². The van der Waals surface area contributed by atoms with Crippen molar-refractivity contribution in [2.24, 2.45) is 0 Å². The predicted octanol–water partition coefficient (Wildman–Crippen LogP) is 2.60. The first-order valence-electron chi connectivity index (χ1n) is 4.63. The first-order chi connectivity index (χ1) is 6.50. The van der Waals surface area contributed by atoms with Gasteiger partial charge >= 0.3 is 0 Å². The van der Waals surface area contributed by atoms with Crippen molar-refractivity contribution in [2.45, 2.75) is 32.5 Å². The molecule has 14 heavy (non-hydrogen) atoms. The van der Waals surface area contributed by atoms with Crippen LogP contribution in [0.25, 0.3) is 0 Å². The van der Waals surface area contributed by atoms with E-state index in [0.29, 0.717) is 0 Å². The molecule has 2 nitrogen and oxygen atoms in total. The van der Waals surface area contributed by atoms with Gasteiger partial charge in [-0.3, -0.25) is 4.90 Å². The van der Waals surface area contributed by atoms with Gasteiger partial charge in [-0.15, -0.1) is 11.3 Å². The van der Waals surface area contributed by atoms with E-state index >= 15 is 0 Å². The zero-order chi connectivity index (χ0) is 10.7. The van der Waals surface area contributed by atoms with Crippen molar-refractivity contribution in [1.82, 2.24) is 4.90 Å². The van der Waals surface area contributed by atoms with E-state index in [9.17, 15) is 5.11 Å². The van der Waals surface area contributed by atoms with Crippen LogP contribution in [0.15, 0.2) is 12.1 Å². The summed E-state index contributed by atoms with van der Waals surface area (Å²) in [5.74, 6) is 0. The average molecular weight is 234 g/mol. The number of aliphatic hydroxyl groups excluding tert-OH is 1. The van der Waals surface area contributed by atoms with Crippen molar-refractivity contribution in [2.75, 3.05) is 7.05 Å². The molecule has 0 aliphatic carbocycles.